The van der Waals surface area contributed by atoms with Crippen LogP contribution in [-0.4, -0.2) is 30.6 Å². The largest absolute Gasteiger partial charge is 0.313 e. The van der Waals surface area contributed by atoms with Crippen LogP contribution in [0.4, 0.5) is 0 Å². The standard InChI is InChI=1S/C16H24N2/c1-2-13-10-18(12-15-7-5-9-17-15)11-14-6-3-4-8-16(13)14/h3-4,6,8,13,15,17H,2,5,7,9-12H2,1H3. The van der Waals surface area contributed by atoms with Crippen LogP contribution in [0.2, 0.25) is 0 Å². The Bertz CT molecular complexity index is 396. The van der Waals surface area contributed by atoms with Crippen molar-refractivity contribution in [3.8, 4) is 0 Å². The minimum atomic E-state index is 0.729. The molecule has 1 N–H and O–H groups in total. The Morgan fingerprint density at radius 2 is 2.22 bits per heavy atom. The Labute approximate surface area is 110 Å². The predicted octanol–water partition coefficient (Wildman–Crippen LogP) is 2.75. The summed E-state index contributed by atoms with van der Waals surface area (Å²) in [7, 11) is 0. The summed E-state index contributed by atoms with van der Waals surface area (Å²) in [5, 5.41) is 3.62. The Balaban J connectivity index is 1.72. The molecule has 0 saturated carbocycles. The number of benzene rings is 1. The van der Waals surface area contributed by atoms with E-state index in [0.29, 0.717) is 0 Å². The van der Waals surface area contributed by atoms with Crippen molar-refractivity contribution < 1.29 is 0 Å². The average molecular weight is 244 g/mol. The molecule has 18 heavy (non-hydrogen) atoms. The van der Waals surface area contributed by atoms with Gasteiger partial charge in [0.25, 0.3) is 0 Å². The molecular formula is C16H24N2. The van der Waals surface area contributed by atoms with Crippen molar-refractivity contribution in [3.63, 3.8) is 0 Å². The molecule has 2 nitrogen and oxygen atoms in total. The summed E-state index contributed by atoms with van der Waals surface area (Å²) in [5.41, 5.74) is 3.14. The molecule has 1 aromatic rings. The van der Waals surface area contributed by atoms with Gasteiger partial charge in [-0.2, -0.15) is 0 Å². The van der Waals surface area contributed by atoms with Crippen molar-refractivity contribution in [2.24, 2.45) is 0 Å². The Morgan fingerprint density at radius 1 is 1.33 bits per heavy atom. The van der Waals surface area contributed by atoms with Gasteiger partial charge in [0.05, 0.1) is 0 Å². The lowest BCUT2D eigenvalue weighted by atomic mass is 9.88. The molecule has 1 aromatic carbocycles. The van der Waals surface area contributed by atoms with Crippen molar-refractivity contribution in [3.05, 3.63) is 35.4 Å². The van der Waals surface area contributed by atoms with E-state index in [1.54, 1.807) is 11.1 Å². The number of hydrogen-bond acceptors (Lipinski definition) is 2. The highest BCUT2D eigenvalue weighted by molar-refractivity contribution is 5.32. The van der Waals surface area contributed by atoms with Crippen LogP contribution in [0, 0.1) is 0 Å². The van der Waals surface area contributed by atoms with E-state index < -0.39 is 0 Å². The van der Waals surface area contributed by atoms with Gasteiger partial charge in [0.2, 0.25) is 0 Å². The van der Waals surface area contributed by atoms with Crippen LogP contribution < -0.4 is 5.32 Å². The molecular weight excluding hydrogens is 220 g/mol. The molecule has 0 amide bonds. The summed E-state index contributed by atoms with van der Waals surface area (Å²) < 4.78 is 0. The second kappa shape index (κ2) is 5.41. The summed E-state index contributed by atoms with van der Waals surface area (Å²) in [5.74, 6) is 0.733. The number of fused-ring (bicyclic) bond motifs is 1. The van der Waals surface area contributed by atoms with Gasteiger partial charge in [-0.15, -0.1) is 0 Å². The molecule has 0 bridgehead atoms. The number of nitrogens with one attached hydrogen (secondary N) is 1. The van der Waals surface area contributed by atoms with E-state index in [4.69, 9.17) is 0 Å². The third-order valence-electron chi connectivity index (χ3n) is 4.50. The first-order valence-corrected chi connectivity index (χ1v) is 7.40. The van der Waals surface area contributed by atoms with Gasteiger partial charge in [-0.3, -0.25) is 4.90 Å². The molecule has 0 spiro atoms. The molecule has 0 radical (unpaired) electrons. The highest BCUT2D eigenvalue weighted by Crippen LogP contribution is 2.30. The molecule has 0 aliphatic carbocycles. The normalized spacial score (nSPS) is 28.3. The fraction of sp³-hybridized carbons (Fsp3) is 0.625. The predicted molar refractivity (Wildman–Crippen MR) is 75.8 cm³/mol. The molecule has 0 aromatic heterocycles. The number of rotatable bonds is 3. The molecule has 98 valence electrons. The Hall–Kier alpha value is -0.860. The first kappa shape index (κ1) is 12.2. The highest BCUT2D eigenvalue weighted by Gasteiger charge is 2.26. The topological polar surface area (TPSA) is 15.3 Å². The van der Waals surface area contributed by atoms with E-state index in [1.165, 1.54) is 38.9 Å². The summed E-state index contributed by atoms with van der Waals surface area (Å²) in [6.07, 6.45) is 3.97. The van der Waals surface area contributed by atoms with Gasteiger partial charge in [-0.05, 0) is 42.9 Å². The van der Waals surface area contributed by atoms with Crippen molar-refractivity contribution >= 4 is 0 Å². The van der Waals surface area contributed by atoms with Crippen LogP contribution in [-0.2, 0) is 6.54 Å². The van der Waals surface area contributed by atoms with E-state index in [0.717, 1.165) is 18.5 Å². The zero-order chi connectivity index (χ0) is 12.4. The maximum Gasteiger partial charge on any atom is 0.0237 e. The zero-order valence-electron chi connectivity index (χ0n) is 11.4. The lowest BCUT2D eigenvalue weighted by molar-refractivity contribution is 0.208. The summed E-state index contributed by atoms with van der Waals surface area (Å²) in [4.78, 5) is 2.65. The number of nitrogens with zero attached hydrogens (tertiary/aromatic N) is 1. The van der Waals surface area contributed by atoms with Crippen molar-refractivity contribution in [2.45, 2.75) is 44.7 Å². The molecule has 2 heterocycles. The lowest BCUT2D eigenvalue weighted by Crippen LogP contribution is -2.41. The van der Waals surface area contributed by atoms with Crippen LogP contribution in [0.3, 0.4) is 0 Å². The van der Waals surface area contributed by atoms with Gasteiger partial charge < -0.3 is 5.32 Å². The van der Waals surface area contributed by atoms with Gasteiger partial charge in [-0.25, -0.2) is 0 Å². The average Bonchev–Trinajstić information content (AvgIpc) is 2.90. The van der Waals surface area contributed by atoms with E-state index in [9.17, 15) is 0 Å². The fourth-order valence-electron chi connectivity index (χ4n) is 3.50. The van der Waals surface area contributed by atoms with Gasteiger partial charge >= 0.3 is 0 Å². The van der Waals surface area contributed by atoms with E-state index in [2.05, 4.69) is 41.4 Å². The molecule has 2 atom stereocenters. The lowest BCUT2D eigenvalue weighted by Gasteiger charge is -2.35. The van der Waals surface area contributed by atoms with Crippen molar-refractivity contribution in [1.29, 1.82) is 0 Å². The quantitative estimate of drug-likeness (QED) is 0.879. The summed E-state index contributed by atoms with van der Waals surface area (Å²) in [6.45, 7) is 7.15. The maximum atomic E-state index is 3.62. The van der Waals surface area contributed by atoms with E-state index in [1.807, 2.05) is 0 Å². The minimum absolute atomic E-state index is 0.729. The smallest absolute Gasteiger partial charge is 0.0237 e. The third-order valence-corrected chi connectivity index (χ3v) is 4.50. The van der Waals surface area contributed by atoms with E-state index >= 15 is 0 Å². The second-order valence-corrected chi connectivity index (χ2v) is 5.79. The van der Waals surface area contributed by atoms with Crippen molar-refractivity contribution in [2.75, 3.05) is 19.6 Å². The van der Waals surface area contributed by atoms with E-state index in [-0.39, 0.29) is 0 Å². The molecule has 2 unspecified atom stereocenters. The van der Waals surface area contributed by atoms with Gasteiger partial charge in [-0.1, -0.05) is 31.2 Å². The van der Waals surface area contributed by atoms with Crippen LogP contribution in [0.1, 0.15) is 43.2 Å². The molecule has 1 fully saturated rings. The maximum absolute atomic E-state index is 3.62. The molecule has 3 rings (SSSR count). The molecule has 1 saturated heterocycles. The summed E-state index contributed by atoms with van der Waals surface area (Å²) >= 11 is 0. The third kappa shape index (κ3) is 2.45. The van der Waals surface area contributed by atoms with Crippen LogP contribution in [0.15, 0.2) is 24.3 Å². The first-order chi connectivity index (χ1) is 8.86. The van der Waals surface area contributed by atoms with Gasteiger partial charge in [0.1, 0.15) is 0 Å². The van der Waals surface area contributed by atoms with Crippen LogP contribution in [0.25, 0.3) is 0 Å². The molecule has 2 aliphatic heterocycles. The first-order valence-electron chi connectivity index (χ1n) is 7.40. The van der Waals surface area contributed by atoms with Crippen LogP contribution in [0.5, 0.6) is 0 Å². The molecule has 2 aliphatic rings. The summed E-state index contributed by atoms with van der Waals surface area (Å²) in [6, 6.07) is 9.74. The van der Waals surface area contributed by atoms with Crippen LogP contribution >= 0.6 is 0 Å². The van der Waals surface area contributed by atoms with Gasteiger partial charge in [0, 0.05) is 25.7 Å². The minimum Gasteiger partial charge on any atom is -0.313 e. The fourth-order valence-corrected chi connectivity index (χ4v) is 3.50. The monoisotopic (exact) mass is 244 g/mol. The highest BCUT2D eigenvalue weighted by atomic mass is 15.2. The Kier molecular flexibility index (Phi) is 3.67. The second-order valence-electron chi connectivity index (χ2n) is 5.79. The number of hydrogen-bond donors (Lipinski definition) is 1. The van der Waals surface area contributed by atoms with Gasteiger partial charge in [0.15, 0.2) is 0 Å². The zero-order valence-corrected chi connectivity index (χ0v) is 11.4. The Morgan fingerprint density at radius 3 is 3.00 bits per heavy atom. The van der Waals surface area contributed by atoms with Crippen molar-refractivity contribution in [1.82, 2.24) is 10.2 Å². The SMILES string of the molecule is CCC1CN(CC2CCCN2)Cc2ccccc21. The molecule has 2 heteroatoms.